The monoisotopic (exact) mass is 536 g/mol. The molecule has 0 spiro atoms. The van der Waals surface area contributed by atoms with Gasteiger partial charge in [-0.3, -0.25) is 9.78 Å². The number of hydrogen-bond donors (Lipinski definition) is 0. The number of carbonyl (C=O) groups is 2. The molecule has 2 aliphatic rings. The minimum atomic E-state index is -0.528. The molecule has 8 nitrogen and oxygen atoms in total. The van der Waals surface area contributed by atoms with Crippen LogP contribution in [0.4, 0.5) is 9.18 Å². The Kier molecular flexibility index (Phi) is 7.13. The van der Waals surface area contributed by atoms with Crippen molar-refractivity contribution in [2.24, 2.45) is 5.92 Å². The quantitative estimate of drug-likeness (QED) is 0.463. The molecule has 0 bridgehead atoms. The highest BCUT2D eigenvalue weighted by atomic mass is 19.1. The van der Waals surface area contributed by atoms with Crippen molar-refractivity contribution in [1.82, 2.24) is 19.2 Å². The van der Waals surface area contributed by atoms with Gasteiger partial charge in [0.2, 0.25) is 0 Å². The Balaban J connectivity index is 1.48. The third-order valence-corrected chi connectivity index (χ3v) is 7.44. The molecule has 0 aliphatic carbocycles. The second-order valence-corrected chi connectivity index (χ2v) is 11.9. The fourth-order valence-electron chi connectivity index (χ4n) is 5.71. The summed E-state index contributed by atoms with van der Waals surface area (Å²) in [6, 6.07) is 6.27. The van der Waals surface area contributed by atoms with Gasteiger partial charge in [0.05, 0.1) is 42.6 Å². The van der Waals surface area contributed by atoms with Crippen LogP contribution in [0.2, 0.25) is 0 Å². The summed E-state index contributed by atoms with van der Waals surface area (Å²) in [5.74, 6) is -0.382. The summed E-state index contributed by atoms with van der Waals surface area (Å²) >= 11 is 0. The van der Waals surface area contributed by atoms with Crippen LogP contribution in [-0.4, -0.2) is 75.2 Å². The van der Waals surface area contributed by atoms with E-state index in [1.54, 1.807) is 22.1 Å². The molecule has 2 fully saturated rings. The topological polar surface area (TPSA) is 76.4 Å². The smallest absolute Gasteiger partial charge is 0.410 e. The molecule has 39 heavy (non-hydrogen) atoms. The maximum atomic E-state index is 14.5. The molecule has 0 radical (unpaired) electrons. The first-order valence-corrected chi connectivity index (χ1v) is 13.6. The van der Waals surface area contributed by atoms with Crippen LogP contribution in [0.1, 0.15) is 56.4 Å². The van der Waals surface area contributed by atoms with Crippen molar-refractivity contribution in [1.29, 1.82) is 0 Å². The first-order chi connectivity index (χ1) is 18.4. The van der Waals surface area contributed by atoms with Gasteiger partial charge in [0.1, 0.15) is 11.4 Å². The van der Waals surface area contributed by atoms with Crippen molar-refractivity contribution >= 4 is 17.5 Å². The van der Waals surface area contributed by atoms with Crippen molar-refractivity contribution in [3.8, 4) is 11.1 Å². The number of amides is 2. The van der Waals surface area contributed by atoms with Crippen LogP contribution in [-0.2, 0) is 15.9 Å². The van der Waals surface area contributed by atoms with Crippen LogP contribution in [0.5, 0.6) is 0 Å². The lowest BCUT2D eigenvalue weighted by Crippen LogP contribution is -2.52. The second-order valence-electron chi connectivity index (χ2n) is 11.9. The number of aryl methyl sites for hydroxylation is 1. The SMILES string of the molecule is Cc1cncc2c(-c3ccc(F)cc3C(=O)N3[C@H](C)COC[C@H]3C)cc(CC3CN(C(=O)OC(C)(C)C)C3)n12. The summed E-state index contributed by atoms with van der Waals surface area (Å²) in [4.78, 5) is 34.2. The summed E-state index contributed by atoms with van der Waals surface area (Å²) < 4.78 is 27.8. The van der Waals surface area contributed by atoms with E-state index in [-0.39, 0.29) is 30.0 Å². The second kappa shape index (κ2) is 10.3. The minimum absolute atomic E-state index is 0.117. The first-order valence-electron chi connectivity index (χ1n) is 13.6. The number of nitrogens with zero attached hydrogens (tertiary/aromatic N) is 4. The first kappa shape index (κ1) is 27.1. The number of fused-ring (bicyclic) bond motifs is 1. The molecule has 2 atom stereocenters. The van der Waals surface area contributed by atoms with Gasteiger partial charge in [-0.2, -0.15) is 0 Å². The maximum absolute atomic E-state index is 14.5. The predicted molar refractivity (Wildman–Crippen MR) is 146 cm³/mol. The van der Waals surface area contributed by atoms with Crippen molar-refractivity contribution in [3.63, 3.8) is 0 Å². The molecule has 2 saturated heterocycles. The Hall–Kier alpha value is -3.46. The predicted octanol–water partition coefficient (Wildman–Crippen LogP) is 5.11. The van der Waals surface area contributed by atoms with E-state index in [0.29, 0.717) is 37.4 Å². The normalized spacial score (nSPS) is 20.3. The van der Waals surface area contributed by atoms with Gasteiger partial charge in [-0.25, -0.2) is 9.18 Å². The Bertz CT molecular complexity index is 1400. The van der Waals surface area contributed by atoms with Gasteiger partial charge < -0.3 is 23.7 Å². The van der Waals surface area contributed by atoms with Crippen LogP contribution < -0.4 is 0 Å². The molecule has 3 aromatic rings. The minimum Gasteiger partial charge on any atom is -0.444 e. The number of ether oxygens (including phenoxy) is 2. The highest BCUT2D eigenvalue weighted by Gasteiger charge is 2.35. The number of benzene rings is 1. The fraction of sp³-hybridized carbons (Fsp3) is 0.500. The van der Waals surface area contributed by atoms with E-state index in [1.807, 2.05) is 47.7 Å². The molecule has 208 valence electrons. The number of hydrogen-bond acceptors (Lipinski definition) is 5. The Morgan fingerprint density at radius 2 is 1.77 bits per heavy atom. The van der Waals surface area contributed by atoms with Crippen LogP contribution in [0.15, 0.2) is 36.7 Å². The molecular weight excluding hydrogens is 499 g/mol. The lowest BCUT2D eigenvalue weighted by molar-refractivity contribution is -0.0249. The van der Waals surface area contributed by atoms with Gasteiger partial charge in [0.15, 0.2) is 0 Å². The molecule has 0 saturated carbocycles. The van der Waals surface area contributed by atoms with Crippen LogP contribution in [0.25, 0.3) is 16.6 Å². The number of likely N-dealkylation sites (tertiary alicyclic amines) is 1. The summed E-state index contributed by atoms with van der Waals surface area (Å²) in [7, 11) is 0. The number of aromatic nitrogens is 2. The van der Waals surface area contributed by atoms with E-state index >= 15 is 0 Å². The molecule has 4 heterocycles. The average Bonchev–Trinajstić information content (AvgIpc) is 3.19. The molecule has 0 N–H and O–H groups in total. The van der Waals surface area contributed by atoms with Crippen molar-refractivity contribution in [3.05, 3.63) is 59.4 Å². The number of morpholine rings is 1. The van der Waals surface area contributed by atoms with E-state index < -0.39 is 11.4 Å². The Labute approximate surface area is 228 Å². The highest BCUT2D eigenvalue weighted by Crippen LogP contribution is 2.35. The maximum Gasteiger partial charge on any atom is 0.410 e. The van der Waals surface area contributed by atoms with Gasteiger partial charge in [-0.15, -0.1) is 0 Å². The van der Waals surface area contributed by atoms with Gasteiger partial charge in [-0.1, -0.05) is 6.07 Å². The zero-order chi connectivity index (χ0) is 28.1. The van der Waals surface area contributed by atoms with Crippen LogP contribution in [0.3, 0.4) is 0 Å². The zero-order valence-corrected chi connectivity index (χ0v) is 23.5. The van der Waals surface area contributed by atoms with Crippen molar-refractivity contribution in [2.75, 3.05) is 26.3 Å². The number of carbonyl (C=O) groups excluding carboxylic acids is 2. The molecule has 2 aliphatic heterocycles. The van der Waals surface area contributed by atoms with Crippen molar-refractivity contribution < 1.29 is 23.5 Å². The van der Waals surface area contributed by atoms with Gasteiger partial charge >= 0.3 is 6.09 Å². The zero-order valence-electron chi connectivity index (χ0n) is 23.5. The lowest BCUT2D eigenvalue weighted by atomic mass is 9.94. The van der Waals surface area contributed by atoms with E-state index in [0.717, 1.165) is 28.9 Å². The molecule has 2 aromatic heterocycles. The van der Waals surface area contributed by atoms with E-state index in [1.165, 1.54) is 12.1 Å². The third kappa shape index (κ3) is 5.37. The average molecular weight is 537 g/mol. The molecule has 2 amide bonds. The summed E-state index contributed by atoms with van der Waals surface area (Å²) in [5, 5.41) is 0. The summed E-state index contributed by atoms with van der Waals surface area (Å²) in [6.45, 7) is 13.6. The molecule has 5 rings (SSSR count). The fourth-order valence-corrected chi connectivity index (χ4v) is 5.71. The molecule has 1 aromatic carbocycles. The third-order valence-electron chi connectivity index (χ3n) is 7.44. The highest BCUT2D eigenvalue weighted by molar-refractivity contribution is 6.03. The van der Waals surface area contributed by atoms with Gasteiger partial charge in [0.25, 0.3) is 5.91 Å². The van der Waals surface area contributed by atoms with Crippen LogP contribution in [0, 0.1) is 18.7 Å². The standard InChI is InChI=1S/C30H37FN4O4/c1-18-12-32-13-27-25(11-23(35(18)27)9-21-14-33(15-21)29(37)39-30(4,5)6)24-8-7-22(31)10-26(24)28(36)34-19(2)16-38-17-20(34)3/h7-8,10-13,19-21H,9,14-17H2,1-6H3/t19-,20-/m1/s1. The summed E-state index contributed by atoms with van der Waals surface area (Å²) in [5.41, 5.74) is 4.19. The van der Waals surface area contributed by atoms with Gasteiger partial charge in [0, 0.05) is 36.2 Å². The lowest BCUT2D eigenvalue weighted by Gasteiger charge is -2.39. The number of halogens is 1. The van der Waals surface area contributed by atoms with Gasteiger partial charge in [-0.05, 0) is 77.6 Å². The Morgan fingerprint density at radius 1 is 1.08 bits per heavy atom. The van der Waals surface area contributed by atoms with E-state index in [2.05, 4.69) is 15.5 Å². The van der Waals surface area contributed by atoms with Crippen LogP contribution >= 0.6 is 0 Å². The molecule has 0 unspecified atom stereocenters. The molecule has 9 heteroatoms. The molecular formula is C30H37FN4O4. The summed E-state index contributed by atoms with van der Waals surface area (Å²) in [6.07, 6.45) is 4.05. The Morgan fingerprint density at radius 3 is 2.44 bits per heavy atom. The van der Waals surface area contributed by atoms with E-state index in [4.69, 9.17) is 9.47 Å². The van der Waals surface area contributed by atoms with E-state index in [9.17, 15) is 14.0 Å². The number of rotatable bonds is 4. The van der Waals surface area contributed by atoms with Crippen molar-refractivity contribution in [2.45, 2.75) is 65.6 Å². The largest absolute Gasteiger partial charge is 0.444 e.